The number of hydrogen-bond acceptors (Lipinski definition) is 4. The second-order valence-corrected chi connectivity index (χ2v) is 5.24. The summed E-state index contributed by atoms with van der Waals surface area (Å²) in [5.74, 6) is 1.01. The quantitative estimate of drug-likeness (QED) is 0.830. The van der Waals surface area contributed by atoms with Gasteiger partial charge in [0.05, 0.1) is 11.3 Å². The Kier molecular flexibility index (Phi) is 7.01. The third-order valence-electron chi connectivity index (χ3n) is 2.72. The van der Waals surface area contributed by atoms with Crippen LogP contribution in [0.3, 0.4) is 0 Å². The van der Waals surface area contributed by atoms with Crippen molar-refractivity contribution >= 4 is 23.4 Å². The Hall–Kier alpha value is -1.51. The number of anilines is 1. The van der Waals surface area contributed by atoms with Crippen molar-refractivity contribution in [1.82, 2.24) is 4.90 Å². The minimum absolute atomic E-state index is 0.0568. The first-order chi connectivity index (χ1) is 9.17. The summed E-state index contributed by atoms with van der Waals surface area (Å²) in [5.41, 5.74) is 1.08. The van der Waals surface area contributed by atoms with Crippen molar-refractivity contribution in [1.29, 1.82) is 5.26 Å². The summed E-state index contributed by atoms with van der Waals surface area (Å²) in [6, 6.07) is 9.09. The molecular weight excluding hydrogens is 258 g/mol. The first-order valence-electron chi connectivity index (χ1n) is 6.14. The predicted octanol–water partition coefficient (Wildman–Crippen LogP) is 2.18. The van der Waals surface area contributed by atoms with Crippen LogP contribution in [0.5, 0.6) is 0 Å². The van der Waals surface area contributed by atoms with Gasteiger partial charge in [0.2, 0.25) is 5.91 Å². The number of nitrogens with zero attached hydrogens (tertiary/aromatic N) is 2. The van der Waals surface area contributed by atoms with Gasteiger partial charge in [-0.2, -0.15) is 17.0 Å². The molecule has 0 saturated heterocycles. The van der Waals surface area contributed by atoms with Crippen LogP contribution in [0.2, 0.25) is 0 Å². The number of nitrogens with one attached hydrogen (secondary N) is 1. The van der Waals surface area contributed by atoms with Crippen LogP contribution in [0.1, 0.15) is 12.0 Å². The number of hydrogen-bond donors (Lipinski definition) is 1. The van der Waals surface area contributed by atoms with Gasteiger partial charge in [-0.25, -0.2) is 0 Å². The van der Waals surface area contributed by atoms with Crippen molar-refractivity contribution < 1.29 is 4.79 Å². The smallest absolute Gasteiger partial charge is 0.225 e. The van der Waals surface area contributed by atoms with Gasteiger partial charge in [0, 0.05) is 25.3 Å². The minimum Gasteiger partial charge on any atom is -0.325 e. The molecule has 0 aliphatic carbocycles. The molecule has 1 aromatic carbocycles. The first-order valence-corrected chi connectivity index (χ1v) is 7.53. The maximum atomic E-state index is 11.8. The molecule has 0 unspecified atom stereocenters. The van der Waals surface area contributed by atoms with Gasteiger partial charge in [0.15, 0.2) is 0 Å². The van der Waals surface area contributed by atoms with E-state index in [0.717, 1.165) is 18.8 Å². The van der Waals surface area contributed by atoms with Gasteiger partial charge in [-0.1, -0.05) is 12.1 Å². The number of thioether (sulfide) groups is 1. The predicted molar refractivity (Wildman–Crippen MR) is 80.3 cm³/mol. The van der Waals surface area contributed by atoms with Crippen LogP contribution >= 0.6 is 11.8 Å². The SMILES string of the molecule is CSCCN(C)CCC(=O)Nc1ccccc1C#N. The number of rotatable bonds is 7. The lowest BCUT2D eigenvalue weighted by molar-refractivity contribution is -0.116. The van der Waals surface area contributed by atoms with Crippen molar-refractivity contribution in [3.63, 3.8) is 0 Å². The molecule has 0 fully saturated rings. The van der Waals surface area contributed by atoms with Crippen LogP contribution < -0.4 is 5.32 Å². The van der Waals surface area contributed by atoms with Gasteiger partial charge in [-0.05, 0) is 25.4 Å². The Morgan fingerprint density at radius 2 is 2.16 bits per heavy atom. The van der Waals surface area contributed by atoms with Crippen LogP contribution in [-0.4, -0.2) is 43.0 Å². The summed E-state index contributed by atoms with van der Waals surface area (Å²) in [5, 5.41) is 11.7. The summed E-state index contributed by atoms with van der Waals surface area (Å²) >= 11 is 1.79. The second-order valence-electron chi connectivity index (χ2n) is 4.25. The molecular formula is C14H19N3OS. The molecule has 19 heavy (non-hydrogen) atoms. The molecule has 1 aromatic rings. The Bertz CT molecular complexity index is 456. The largest absolute Gasteiger partial charge is 0.325 e. The molecule has 0 bridgehead atoms. The van der Waals surface area contributed by atoms with E-state index in [1.54, 1.807) is 36.0 Å². The highest BCUT2D eigenvalue weighted by atomic mass is 32.2. The number of carbonyl (C=O) groups excluding carboxylic acids is 1. The maximum absolute atomic E-state index is 11.8. The molecule has 1 rings (SSSR count). The fourth-order valence-corrected chi connectivity index (χ4v) is 2.05. The van der Waals surface area contributed by atoms with Gasteiger partial charge in [0.1, 0.15) is 6.07 Å². The van der Waals surface area contributed by atoms with E-state index in [1.807, 2.05) is 7.05 Å². The highest BCUT2D eigenvalue weighted by Gasteiger charge is 2.07. The molecule has 102 valence electrons. The maximum Gasteiger partial charge on any atom is 0.225 e. The van der Waals surface area contributed by atoms with Crippen LogP contribution in [0.25, 0.3) is 0 Å². The van der Waals surface area contributed by atoms with E-state index >= 15 is 0 Å². The summed E-state index contributed by atoms with van der Waals surface area (Å²) in [7, 11) is 2.01. The van der Waals surface area contributed by atoms with E-state index < -0.39 is 0 Å². The highest BCUT2D eigenvalue weighted by Crippen LogP contribution is 2.13. The Morgan fingerprint density at radius 3 is 2.84 bits per heavy atom. The van der Waals surface area contributed by atoms with E-state index in [9.17, 15) is 4.79 Å². The number of amides is 1. The first kappa shape index (κ1) is 15.5. The second kappa shape index (κ2) is 8.57. The molecule has 0 radical (unpaired) electrons. The standard InChI is InChI=1S/C14H19N3OS/c1-17(9-10-19-2)8-7-14(18)16-13-6-4-3-5-12(13)11-15/h3-6H,7-10H2,1-2H3,(H,16,18). The van der Waals surface area contributed by atoms with Crippen LogP contribution in [0, 0.1) is 11.3 Å². The number of nitriles is 1. The van der Waals surface area contributed by atoms with Crippen molar-refractivity contribution in [2.24, 2.45) is 0 Å². The molecule has 4 nitrogen and oxygen atoms in total. The van der Waals surface area contributed by atoms with E-state index in [2.05, 4.69) is 22.5 Å². The van der Waals surface area contributed by atoms with Gasteiger partial charge in [0.25, 0.3) is 0 Å². The highest BCUT2D eigenvalue weighted by molar-refractivity contribution is 7.98. The zero-order valence-electron chi connectivity index (χ0n) is 11.3. The third-order valence-corrected chi connectivity index (χ3v) is 3.31. The number of benzene rings is 1. The summed E-state index contributed by atoms with van der Waals surface area (Å²) in [6.07, 6.45) is 2.50. The number of carbonyl (C=O) groups is 1. The van der Waals surface area contributed by atoms with E-state index in [4.69, 9.17) is 5.26 Å². The lowest BCUT2D eigenvalue weighted by Crippen LogP contribution is -2.26. The monoisotopic (exact) mass is 277 g/mol. The zero-order chi connectivity index (χ0) is 14.1. The molecule has 1 N–H and O–H groups in total. The van der Waals surface area contributed by atoms with E-state index in [1.165, 1.54) is 0 Å². The fourth-order valence-electron chi connectivity index (χ4n) is 1.55. The number of para-hydroxylation sites is 1. The molecule has 5 heteroatoms. The average Bonchev–Trinajstić information content (AvgIpc) is 2.43. The Balaban J connectivity index is 2.41. The van der Waals surface area contributed by atoms with E-state index in [0.29, 0.717) is 17.7 Å². The molecule has 0 aliphatic heterocycles. The lowest BCUT2D eigenvalue weighted by atomic mass is 10.2. The van der Waals surface area contributed by atoms with E-state index in [-0.39, 0.29) is 5.91 Å². The van der Waals surface area contributed by atoms with Crippen molar-refractivity contribution in [3.05, 3.63) is 29.8 Å². The summed E-state index contributed by atoms with van der Waals surface area (Å²) in [6.45, 7) is 1.70. The topological polar surface area (TPSA) is 56.1 Å². The molecule has 0 atom stereocenters. The van der Waals surface area contributed by atoms with Gasteiger partial charge in [-0.15, -0.1) is 0 Å². The van der Waals surface area contributed by atoms with Crippen LogP contribution in [0.15, 0.2) is 24.3 Å². The lowest BCUT2D eigenvalue weighted by Gasteiger charge is -2.15. The van der Waals surface area contributed by atoms with Gasteiger partial charge < -0.3 is 10.2 Å². The Labute approximate surface area is 118 Å². The van der Waals surface area contributed by atoms with Gasteiger partial charge in [-0.3, -0.25) is 4.79 Å². The fraction of sp³-hybridized carbons (Fsp3) is 0.429. The van der Waals surface area contributed by atoms with Gasteiger partial charge >= 0.3 is 0 Å². The third kappa shape index (κ3) is 5.77. The molecule has 0 aliphatic rings. The van der Waals surface area contributed by atoms with Crippen LogP contribution in [0.4, 0.5) is 5.69 Å². The van der Waals surface area contributed by atoms with Crippen LogP contribution in [-0.2, 0) is 4.79 Å². The molecule has 0 spiro atoms. The zero-order valence-corrected chi connectivity index (χ0v) is 12.2. The Morgan fingerprint density at radius 1 is 1.42 bits per heavy atom. The summed E-state index contributed by atoms with van der Waals surface area (Å²) in [4.78, 5) is 13.9. The minimum atomic E-state index is -0.0568. The molecule has 0 heterocycles. The molecule has 1 amide bonds. The normalized spacial score (nSPS) is 10.2. The molecule has 0 saturated carbocycles. The van der Waals surface area contributed by atoms with Crippen molar-refractivity contribution in [2.45, 2.75) is 6.42 Å². The average molecular weight is 277 g/mol. The van der Waals surface area contributed by atoms with Crippen molar-refractivity contribution in [2.75, 3.05) is 37.5 Å². The molecule has 0 aromatic heterocycles. The van der Waals surface area contributed by atoms with Crippen molar-refractivity contribution in [3.8, 4) is 6.07 Å². The summed E-state index contributed by atoms with van der Waals surface area (Å²) < 4.78 is 0.